The predicted octanol–water partition coefficient (Wildman–Crippen LogP) is 1.39. The molecule has 2 aliphatic heterocycles. The highest BCUT2D eigenvalue weighted by Crippen LogP contribution is 2.39. The lowest BCUT2D eigenvalue weighted by Crippen LogP contribution is -2.70. The van der Waals surface area contributed by atoms with E-state index in [1.165, 1.54) is 0 Å². The van der Waals surface area contributed by atoms with Gasteiger partial charge >= 0.3 is 0 Å². The topological polar surface area (TPSA) is 67.9 Å². The zero-order chi connectivity index (χ0) is 17.1. The van der Waals surface area contributed by atoms with E-state index in [4.69, 9.17) is 9.47 Å². The fraction of sp³-hybridized carbons (Fsp3) is 0.412. The number of methoxy groups -OCH3 is 1. The lowest BCUT2D eigenvalue weighted by atomic mass is 10.0. The second-order valence-corrected chi connectivity index (χ2v) is 6.82. The van der Waals surface area contributed by atoms with Crippen LogP contribution >= 0.6 is 11.8 Å². The first-order chi connectivity index (χ1) is 11.6. The number of amides is 2. The molecule has 2 heterocycles. The van der Waals surface area contributed by atoms with E-state index in [1.54, 1.807) is 35.9 Å². The van der Waals surface area contributed by atoms with Gasteiger partial charge in [-0.1, -0.05) is 18.2 Å². The van der Waals surface area contributed by atoms with Crippen molar-refractivity contribution in [2.45, 2.75) is 18.3 Å². The number of fused-ring (bicyclic) bond motifs is 1. The summed E-state index contributed by atoms with van der Waals surface area (Å²) in [6.45, 7) is 2.31. The molecule has 1 N–H and O–H groups in total. The monoisotopic (exact) mass is 348 g/mol. The number of hydrogen-bond donors (Lipinski definition) is 1. The Morgan fingerprint density at radius 2 is 2.12 bits per heavy atom. The zero-order valence-corrected chi connectivity index (χ0v) is 14.5. The molecule has 7 heteroatoms. The number of rotatable bonds is 6. The smallest absolute Gasteiger partial charge is 0.258 e. The van der Waals surface area contributed by atoms with Crippen LogP contribution in [-0.2, 0) is 14.3 Å². The lowest BCUT2D eigenvalue weighted by molar-refractivity contribution is -0.146. The van der Waals surface area contributed by atoms with E-state index in [9.17, 15) is 9.59 Å². The molecule has 2 amide bonds. The first-order valence-corrected chi connectivity index (χ1v) is 8.76. The molecule has 128 valence electrons. The summed E-state index contributed by atoms with van der Waals surface area (Å²) in [7, 11) is 1.61. The molecule has 0 bridgehead atoms. The molecule has 0 spiro atoms. The van der Waals surface area contributed by atoms with E-state index in [0.717, 1.165) is 17.0 Å². The average Bonchev–Trinajstić information content (AvgIpc) is 2.60. The van der Waals surface area contributed by atoms with Gasteiger partial charge in [-0.15, -0.1) is 11.8 Å². The lowest BCUT2D eigenvalue weighted by Gasteiger charge is -2.50. The molecule has 1 aromatic rings. The summed E-state index contributed by atoms with van der Waals surface area (Å²) >= 11 is 1.66. The van der Waals surface area contributed by atoms with Gasteiger partial charge in [-0.2, -0.15) is 0 Å². The second-order valence-electron chi connectivity index (χ2n) is 5.72. The van der Waals surface area contributed by atoms with Gasteiger partial charge in [-0.3, -0.25) is 14.5 Å². The number of thioether (sulfide) groups is 1. The molecule has 3 rings (SSSR count). The van der Waals surface area contributed by atoms with Crippen molar-refractivity contribution in [1.29, 1.82) is 0 Å². The predicted molar refractivity (Wildman–Crippen MR) is 91.5 cm³/mol. The Kier molecular flexibility index (Phi) is 5.11. The van der Waals surface area contributed by atoms with Gasteiger partial charge in [0.25, 0.3) is 11.8 Å². The number of benzene rings is 1. The van der Waals surface area contributed by atoms with Crippen molar-refractivity contribution in [2.75, 3.05) is 26.1 Å². The van der Waals surface area contributed by atoms with Crippen LogP contribution in [0, 0.1) is 0 Å². The molecule has 0 aliphatic carbocycles. The number of hydrogen-bond acceptors (Lipinski definition) is 5. The van der Waals surface area contributed by atoms with Crippen LogP contribution in [0.25, 0.3) is 0 Å². The summed E-state index contributed by atoms with van der Waals surface area (Å²) in [5.74, 6) is 1.07. The van der Waals surface area contributed by atoms with Crippen molar-refractivity contribution in [2.24, 2.45) is 0 Å². The molecule has 0 unspecified atom stereocenters. The van der Waals surface area contributed by atoms with E-state index < -0.39 is 6.04 Å². The van der Waals surface area contributed by atoms with Crippen molar-refractivity contribution < 1.29 is 19.1 Å². The normalized spacial score (nSPS) is 22.8. The van der Waals surface area contributed by atoms with E-state index in [-0.39, 0.29) is 23.8 Å². The Hall–Kier alpha value is -1.99. The third kappa shape index (κ3) is 3.27. The third-order valence-corrected chi connectivity index (χ3v) is 5.43. The Balaban J connectivity index is 1.56. The summed E-state index contributed by atoms with van der Waals surface area (Å²) in [6, 6.07) is 8.62. The Bertz CT molecular complexity index is 662. The fourth-order valence-electron chi connectivity index (χ4n) is 2.76. The van der Waals surface area contributed by atoms with Crippen LogP contribution < -0.4 is 10.1 Å². The first-order valence-electron chi connectivity index (χ1n) is 7.71. The summed E-state index contributed by atoms with van der Waals surface area (Å²) in [5, 5.41) is 2.71. The molecular weight excluding hydrogens is 328 g/mol. The molecule has 24 heavy (non-hydrogen) atoms. The minimum absolute atomic E-state index is 0.0629. The molecular formula is C17H20N2O4S. The fourth-order valence-corrected chi connectivity index (χ4v) is 4.11. The Morgan fingerprint density at radius 3 is 2.83 bits per heavy atom. The van der Waals surface area contributed by atoms with Crippen LogP contribution in [-0.4, -0.2) is 54.2 Å². The minimum Gasteiger partial charge on any atom is -0.484 e. The number of nitrogens with one attached hydrogen (secondary N) is 1. The average molecular weight is 348 g/mol. The van der Waals surface area contributed by atoms with E-state index in [2.05, 4.69) is 5.32 Å². The molecule has 0 radical (unpaired) electrons. The van der Waals surface area contributed by atoms with Crippen molar-refractivity contribution in [1.82, 2.24) is 10.2 Å². The molecule has 1 aromatic carbocycles. The van der Waals surface area contributed by atoms with E-state index >= 15 is 0 Å². The number of carbonyl (C=O) groups is 2. The quantitative estimate of drug-likeness (QED) is 0.787. The Morgan fingerprint density at radius 1 is 1.38 bits per heavy atom. The summed E-state index contributed by atoms with van der Waals surface area (Å²) in [6.07, 6.45) is 0. The summed E-state index contributed by atoms with van der Waals surface area (Å²) in [4.78, 5) is 26.2. The van der Waals surface area contributed by atoms with Crippen LogP contribution in [0.5, 0.6) is 5.75 Å². The molecule has 2 atom stereocenters. The number of β-lactam (4-membered cyclic amide) rings is 1. The maximum Gasteiger partial charge on any atom is 0.258 e. The second kappa shape index (κ2) is 7.27. The van der Waals surface area contributed by atoms with Gasteiger partial charge < -0.3 is 14.8 Å². The molecule has 2 aliphatic rings. The van der Waals surface area contributed by atoms with Crippen LogP contribution in [0.3, 0.4) is 0 Å². The molecule has 1 fully saturated rings. The number of nitrogens with zero attached hydrogens (tertiary/aromatic N) is 1. The van der Waals surface area contributed by atoms with Crippen LogP contribution in [0.4, 0.5) is 0 Å². The highest BCUT2D eigenvalue weighted by molar-refractivity contribution is 8.00. The van der Waals surface area contributed by atoms with Gasteiger partial charge in [0.15, 0.2) is 6.61 Å². The standard InChI is InChI=1S/C17H20N2O4S/c1-11-10-24-17-15(16(21)19(17)13(11)8-22-2)18-14(20)9-23-12-6-4-3-5-7-12/h3-7,15,17H,8-10H2,1-2H3,(H,18,20)/t15-,17-/m1/s1. The highest BCUT2D eigenvalue weighted by atomic mass is 32.2. The number of para-hydroxylation sites is 1. The zero-order valence-electron chi connectivity index (χ0n) is 13.7. The van der Waals surface area contributed by atoms with Gasteiger partial charge in [0.05, 0.1) is 6.61 Å². The molecule has 0 aromatic heterocycles. The molecule has 0 saturated carbocycles. The summed E-state index contributed by atoms with van der Waals surface area (Å²) < 4.78 is 10.6. The summed E-state index contributed by atoms with van der Waals surface area (Å²) in [5.41, 5.74) is 2.06. The SMILES string of the molecule is COCC1=C(C)CS[C@@H]2[C@H](NC(=O)COc3ccccc3)C(=O)N12. The highest BCUT2D eigenvalue weighted by Gasteiger charge is 2.51. The van der Waals surface area contributed by atoms with Crippen LogP contribution in [0.2, 0.25) is 0 Å². The van der Waals surface area contributed by atoms with Gasteiger partial charge in [-0.25, -0.2) is 0 Å². The van der Waals surface area contributed by atoms with Crippen LogP contribution in [0.15, 0.2) is 41.6 Å². The van der Waals surface area contributed by atoms with Crippen LogP contribution in [0.1, 0.15) is 6.92 Å². The van der Waals surface area contributed by atoms with Crippen molar-refractivity contribution in [3.05, 3.63) is 41.6 Å². The largest absolute Gasteiger partial charge is 0.484 e. The maximum atomic E-state index is 12.4. The van der Waals surface area contributed by atoms with Gasteiger partial charge in [-0.05, 0) is 24.6 Å². The minimum atomic E-state index is -0.498. The Labute approximate surface area is 145 Å². The number of carbonyl (C=O) groups excluding carboxylic acids is 2. The van der Waals surface area contributed by atoms with Crippen molar-refractivity contribution >= 4 is 23.6 Å². The first kappa shape index (κ1) is 16.9. The van der Waals surface area contributed by atoms with Gasteiger partial charge in [0.1, 0.15) is 17.2 Å². The van der Waals surface area contributed by atoms with Crippen molar-refractivity contribution in [3.63, 3.8) is 0 Å². The van der Waals surface area contributed by atoms with Crippen molar-refractivity contribution in [3.8, 4) is 5.75 Å². The van der Waals surface area contributed by atoms with Gasteiger partial charge in [0.2, 0.25) is 0 Å². The molecule has 1 saturated heterocycles. The maximum absolute atomic E-state index is 12.4. The number of ether oxygens (including phenoxy) is 2. The third-order valence-electron chi connectivity index (χ3n) is 4.01. The van der Waals surface area contributed by atoms with E-state index in [1.807, 2.05) is 25.1 Å². The molecule has 6 nitrogen and oxygen atoms in total. The van der Waals surface area contributed by atoms with E-state index in [0.29, 0.717) is 12.4 Å². The van der Waals surface area contributed by atoms with Gasteiger partial charge in [0, 0.05) is 18.6 Å².